The standard InChI is InChI=1S/C16H22ClNO3/c1-21-9-3-5-12-4-2-8-18(11-12)16(20)14-7-6-13(17)10-15(14)19/h6-7,10,12,19H,2-5,8-9,11H2,1H3/t12-/m1/s1. The van der Waals surface area contributed by atoms with Crippen molar-refractivity contribution < 1.29 is 14.6 Å². The van der Waals surface area contributed by atoms with Crippen molar-refractivity contribution in [1.82, 2.24) is 4.90 Å². The number of hydrogen-bond acceptors (Lipinski definition) is 3. The predicted molar refractivity (Wildman–Crippen MR) is 82.9 cm³/mol. The largest absolute Gasteiger partial charge is 0.507 e. The number of piperidine rings is 1. The molecule has 1 N–H and O–H groups in total. The van der Waals surface area contributed by atoms with Crippen LogP contribution in [-0.2, 0) is 4.74 Å². The van der Waals surface area contributed by atoms with E-state index in [1.54, 1.807) is 19.2 Å². The van der Waals surface area contributed by atoms with E-state index in [-0.39, 0.29) is 11.7 Å². The predicted octanol–water partition coefficient (Wildman–Crippen LogP) is 3.32. The molecule has 1 amide bonds. The first-order chi connectivity index (χ1) is 10.1. The average Bonchev–Trinajstić information content (AvgIpc) is 2.47. The van der Waals surface area contributed by atoms with Gasteiger partial charge in [-0.05, 0) is 49.8 Å². The van der Waals surface area contributed by atoms with Crippen LogP contribution in [0, 0.1) is 5.92 Å². The molecular weight excluding hydrogens is 290 g/mol. The fourth-order valence-corrected chi connectivity index (χ4v) is 3.02. The van der Waals surface area contributed by atoms with Gasteiger partial charge in [0, 0.05) is 31.8 Å². The highest BCUT2D eigenvalue weighted by molar-refractivity contribution is 6.30. The Bertz CT molecular complexity index is 492. The summed E-state index contributed by atoms with van der Waals surface area (Å²) in [6.07, 6.45) is 4.26. The van der Waals surface area contributed by atoms with Gasteiger partial charge in [-0.2, -0.15) is 0 Å². The minimum atomic E-state index is -0.111. The number of phenols is 1. The summed E-state index contributed by atoms with van der Waals surface area (Å²) in [6.45, 7) is 2.27. The van der Waals surface area contributed by atoms with Gasteiger partial charge in [0.25, 0.3) is 5.91 Å². The van der Waals surface area contributed by atoms with Crippen molar-refractivity contribution >= 4 is 17.5 Å². The van der Waals surface area contributed by atoms with Crippen molar-refractivity contribution in [2.75, 3.05) is 26.8 Å². The number of rotatable bonds is 5. The van der Waals surface area contributed by atoms with Crippen molar-refractivity contribution in [3.63, 3.8) is 0 Å². The van der Waals surface area contributed by atoms with Crippen LogP contribution in [0.2, 0.25) is 5.02 Å². The summed E-state index contributed by atoms with van der Waals surface area (Å²) >= 11 is 5.80. The van der Waals surface area contributed by atoms with Crippen LogP contribution in [0.25, 0.3) is 0 Å². The molecule has 1 aliphatic heterocycles. The summed E-state index contributed by atoms with van der Waals surface area (Å²) in [5.74, 6) is 0.363. The molecule has 0 unspecified atom stereocenters. The molecule has 1 aliphatic rings. The van der Waals surface area contributed by atoms with Gasteiger partial charge in [0.15, 0.2) is 0 Å². The molecule has 116 valence electrons. The van der Waals surface area contributed by atoms with Gasteiger partial charge in [-0.25, -0.2) is 0 Å². The Kier molecular flexibility index (Phi) is 5.88. The molecule has 0 aromatic heterocycles. The molecule has 2 rings (SSSR count). The number of benzene rings is 1. The van der Waals surface area contributed by atoms with Crippen LogP contribution < -0.4 is 0 Å². The normalized spacial score (nSPS) is 18.8. The highest BCUT2D eigenvalue weighted by Gasteiger charge is 2.25. The third-order valence-electron chi connectivity index (χ3n) is 3.96. The van der Waals surface area contributed by atoms with Crippen LogP contribution in [-0.4, -0.2) is 42.7 Å². The van der Waals surface area contributed by atoms with E-state index in [2.05, 4.69) is 0 Å². The zero-order valence-electron chi connectivity index (χ0n) is 12.3. The number of hydrogen-bond donors (Lipinski definition) is 1. The van der Waals surface area contributed by atoms with Crippen LogP contribution in [0.3, 0.4) is 0 Å². The molecule has 0 bridgehead atoms. The number of likely N-dealkylation sites (tertiary alicyclic amines) is 1. The summed E-state index contributed by atoms with van der Waals surface area (Å²) in [7, 11) is 1.71. The van der Waals surface area contributed by atoms with Gasteiger partial charge < -0.3 is 14.7 Å². The Balaban J connectivity index is 1.98. The highest BCUT2D eigenvalue weighted by atomic mass is 35.5. The lowest BCUT2D eigenvalue weighted by atomic mass is 9.93. The number of amides is 1. The molecule has 1 saturated heterocycles. The van der Waals surface area contributed by atoms with E-state index in [1.165, 1.54) is 6.07 Å². The molecule has 21 heavy (non-hydrogen) atoms. The van der Waals surface area contributed by atoms with Crippen molar-refractivity contribution in [2.24, 2.45) is 5.92 Å². The number of nitrogens with zero attached hydrogens (tertiary/aromatic N) is 1. The zero-order valence-corrected chi connectivity index (χ0v) is 13.1. The van der Waals surface area contributed by atoms with Gasteiger partial charge in [-0.1, -0.05) is 11.6 Å². The lowest BCUT2D eigenvalue weighted by Gasteiger charge is -2.33. The second-order valence-corrected chi connectivity index (χ2v) is 5.99. The summed E-state index contributed by atoms with van der Waals surface area (Å²) < 4.78 is 5.08. The average molecular weight is 312 g/mol. The summed E-state index contributed by atoms with van der Waals surface area (Å²) in [5.41, 5.74) is 0.331. The van der Waals surface area contributed by atoms with Crippen LogP contribution in [0.15, 0.2) is 18.2 Å². The molecular formula is C16H22ClNO3. The van der Waals surface area contributed by atoms with Crippen LogP contribution in [0.5, 0.6) is 5.75 Å². The van der Waals surface area contributed by atoms with Crippen molar-refractivity contribution in [2.45, 2.75) is 25.7 Å². The van der Waals surface area contributed by atoms with Crippen LogP contribution in [0.4, 0.5) is 0 Å². The number of aromatic hydroxyl groups is 1. The number of methoxy groups -OCH3 is 1. The Morgan fingerprint density at radius 3 is 3.05 bits per heavy atom. The van der Waals surface area contributed by atoms with Crippen molar-refractivity contribution in [1.29, 1.82) is 0 Å². The van der Waals surface area contributed by atoms with E-state index in [0.717, 1.165) is 45.4 Å². The minimum Gasteiger partial charge on any atom is -0.507 e. The van der Waals surface area contributed by atoms with Gasteiger partial charge in [-0.3, -0.25) is 4.79 Å². The molecule has 4 nitrogen and oxygen atoms in total. The number of halogens is 1. The van der Waals surface area contributed by atoms with Gasteiger partial charge in [-0.15, -0.1) is 0 Å². The lowest BCUT2D eigenvalue weighted by Crippen LogP contribution is -2.40. The first-order valence-corrected chi connectivity index (χ1v) is 7.76. The van der Waals surface area contributed by atoms with E-state index in [1.807, 2.05) is 4.90 Å². The number of phenolic OH excluding ortho intramolecular Hbond substituents is 1. The van der Waals surface area contributed by atoms with Crippen LogP contribution >= 0.6 is 11.6 Å². The van der Waals surface area contributed by atoms with Crippen molar-refractivity contribution in [3.05, 3.63) is 28.8 Å². The molecule has 0 saturated carbocycles. The third kappa shape index (κ3) is 4.35. The quantitative estimate of drug-likeness (QED) is 0.849. The maximum absolute atomic E-state index is 12.5. The van der Waals surface area contributed by atoms with E-state index < -0.39 is 0 Å². The second kappa shape index (κ2) is 7.66. The molecule has 0 radical (unpaired) electrons. The van der Waals surface area contributed by atoms with Gasteiger partial charge in [0.1, 0.15) is 5.75 Å². The summed E-state index contributed by atoms with van der Waals surface area (Å²) in [4.78, 5) is 14.3. The monoisotopic (exact) mass is 311 g/mol. The molecule has 1 atom stereocenters. The van der Waals surface area contributed by atoms with Gasteiger partial charge in [0.05, 0.1) is 5.56 Å². The topological polar surface area (TPSA) is 49.8 Å². The Morgan fingerprint density at radius 1 is 1.52 bits per heavy atom. The fourth-order valence-electron chi connectivity index (χ4n) is 2.86. The highest BCUT2D eigenvalue weighted by Crippen LogP contribution is 2.27. The fraction of sp³-hybridized carbons (Fsp3) is 0.562. The molecule has 0 aliphatic carbocycles. The van der Waals surface area contributed by atoms with E-state index >= 15 is 0 Å². The van der Waals surface area contributed by atoms with Gasteiger partial charge in [0.2, 0.25) is 0 Å². The van der Waals surface area contributed by atoms with E-state index in [9.17, 15) is 9.90 Å². The SMILES string of the molecule is COCCC[C@H]1CCCN(C(=O)c2ccc(Cl)cc2O)C1. The maximum Gasteiger partial charge on any atom is 0.257 e. The molecule has 5 heteroatoms. The van der Waals surface area contributed by atoms with E-state index in [4.69, 9.17) is 16.3 Å². The zero-order chi connectivity index (χ0) is 15.2. The maximum atomic E-state index is 12.5. The lowest BCUT2D eigenvalue weighted by molar-refractivity contribution is 0.0657. The molecule has 1 heterocycles. The molecule has 1 fully saturated rings. The van der Waals surface area contributed by atoms with Crippen LogP contribution in [0.1, 0.15) is 36.0 Å². The third-order valence-corrected chi connectivity index (χ3v) is 4.19. The number of carbonyl (C=O) groups excluding carboxylic acids is 1. The molecule has 0 spiro atoms. The first-order valence-electron chi connectivity index (χ1n) is 7.38. The Labute approximate surface area is 130 Å². The number of carbonyl (C=O) groups is 1. The minimum absolute atomic E-state index is 0.0472. The smallest absolute Gasteiger partial charge is 0.257 e. The van der Waals surface area contributed by atoms with Gasteiger partial charge >= 0.3 is 0 Å². The second-order valence-electron chi connectivity index (χ2n) is 5.56. The Morgan fingerprint density at radius 2 is 2.33 bits per heavy atom. The molecule has 1 aromatic rings. The summed E-state index contributed by atoms with van der Waals surface area (Å²) in [6, 6.07) is 4.64. The Hall–Kier alpha value is -1.26. The van der Waals surface area contributed by atoms with E-state index in [0.29, 0.717) is 16.5 Å². The summed E-state index contributed by atoms with van der Waals surface area (Å²) in [5, 5.41) is 10.3. The molecule has 1 aromatic carbocycles. The van der Waals surface area contributed by atoms with Crippen molar-refractivity contribution in [3.8, 4) is 5.75 Å². The number of ether oxygens (including phenoxy) is 1. The first kappa shape index (κ1) is 16.1.